The van der Waals surface area contributed by atoms with Gasteiger partial charge in [0.2, 0.25) is 0 Å². The van der Waals surface area contributed by atoms with E-state index in [2.05, 4.69) is 31.7 Å². The van der Waals surface area contributed by atoms with E-state index in [0.29, 0.717) is 16.8 Å². The molecule has 0 radical (unpaired) electrons. The Morgan fingerprint density at radius 3 is 2.90 bits per heavy atom. The summed E-state index contributed by atoms with van der Waals surface area (Å²) in [7, 11) is 0. The zero-order valence-corrected chi connectivity index (χ0v) is 14.5. The summed E-state index contributed by atoms with van der Waals surface area (Å²) in [5.41, 5.74) is 1.68. The maximum Gasteiger partial charge on any atom is 0.139 e. The van der Waals surface area contributed by atoms with Crippen LogP contribution in [0.1, 0.15) is 18.7 Å². The first-order chi connectivity index (χ1) is 9.67. The highest BCUT2D eigenvalue weighted by Crippen LogP contribution is 2.25. The molecule has 0 amide bonds. The molecule has 0 aliphatic carbocycles. The summed E-state index contributed by atoms with van der Waals surface area (Å²) < 4.78 is 16.3. The molecule has 0 aliphatic rings. The smallest absolute Gasteiger partial charge is 0.139 e. The summed E-state index contributed by atoms with van der Waals surface area (Å²) in [6.45, 7) is 0.865. The van der Waals surface area contributed by atoms with Gasteiger partial charge in [0.25, 0.3) is 0 Å². The lowest BCUT2D eigenvalue weighted by atomic mass is 10.3. The molecule has 0 atom stereocenters. The van der Waals surface area contributed by atoms with Crippen molar-refractivity contribution in [2.75, 3.05) is 17.9 Å². The average molecular weight is 380 g/mol. The van der Waals surface area contributed by atoms with Gasteiger partial charge in [-0.15, -0.1) is 11.6 Å². The minimum atomic E-state index is -0.250. The van der Waals surface area contributed by atoms with Crippen molar-refractivity contribution in [1.82, 2.24) is 9.55 Å². The lowest BCUT2D eigenvalue weighted by molar-refractivity contribution is 0.611. The van der Waals surface area contributed by atoms with Crippen molar-refractivity contribution in [1.29, 1.82) is 0 Å². The van der Waals surface area contributed by atoms with E-state index in [9.17, 15) is 4.39 Å². The lowest BCUT2D eigenvalue weighted by Crippen LogP contribution is -2.05. The van der Waals surface area contributed by atoms with Gasteiger partial charge in [-0.05, 0) is 46.8 Å². The van der Waals surface area contributed by atoms with Crippen LogP contribution in [0.4, 0.5) is 4.39 Å². The molecule has 2 aromatic rings. The Balaban J connectivity index is 2.32. The topological polar surface area (TPSA) is 17.8 Å². The average Bonchev–Trinajstić information content (AvgIpc) is 2.73. The van der Waals surface area contributed by atoms with E-state index in [0.717, 1.165) is 42.0 Å². The van der Waals surface area contributed by atoms with Gasteiger partial charge in [-0.2, -0.15) is 11.8 Å². The number of aromatic nitrogens is 2. The van der Waals surface area contributed by atoms with Crippen LogP contribution in [0.2, 0.25) is 0 Å². The molecule has 1 aromatic heterocycles. The van der Waals surface area contributed by atoms with Crippen molar-refractivity contribution in [3.8, 4) is 0 Å². The first kappa shape index (κ1) is 16.1. The Morgan fingerprint density at radius 2 is 2.20 bits per heavy atom. The third kappa shape index (κ3) is 3.68. The van der Waals surface area contributed by atoms with Crippen LogP contribution in [0.25, 0.3) is 11.0 Å². The minimum absolute atomic E-state index is 0.250. The fourth-order valence-corrected chi connectivity index (χ4v) is 3.20. The van der Waals surface area contributed by atoms with Gasteiger partial charge in [0, 0.05) is 24.9 Å². The molecular weight excluding hydrogens is 363 g/mol. The molecule has 1 aromatic carbocycles. The van der Waals surface area contributed by atoms with Gasteiger partial charge in [0.05, 0.1) is 15.5 Å². The molecule has 0 aliphatic heterocycles. The van der Waals surface area contributed by atoms with Crippen LogP contribution in [0.3, 0.4) is 0 Å². The number of thioether (sulfide) groups is 1. The summed E-state index contributed by atoms with van der Waals surface area (Å²) in [6.07, 6.45) is 5.04. The van der Waals surface area contributed by atoms with Crippen LogP contribution >= 0.6 is 39.3 Å². The number of fused-ring (bicyclic) bond motifs is 1. The number of imidazole rings is 1. The number of rotatable bonds is 7. The van der Waals surface area contributed by atoms with E-state index in [1.807, 2.05) is 11.8 Å². The molecule has 0 saturated carbocycles. The van der Waals surface area contributed by atoms with Gasteiger partial charge in [-0.1, -0.05) is 0 Å². The Morgan fingerprint density at radius 1 is 1.40 bits per heavy atom. The molecule has 20 heavy (non-hydrogen) atoms. The van der Waals surface area contributed by atoms with Crippen molar-refractivity contribution in [3.63, 3.8) is 0 Å². The fourth-order valence-electron chi connectivity index (χ4n) is 2.21. The summed E-state index contributed by atoms with van der Waals surface area (Å²) in [6, 6.07) is 3.29. The Hall–Kier alpha value is -0.260. The highest BCUT2D eigenvalue weighted by molar-refractivity contribution is 9.10. The zero-order valence-electron chi connectivity index (χ0n) is 11.3. The number of benzene rings is 1. The normalized spacial score (nSPS) is 11.4. The molecule has 0 saturated heterocycles. The van der Waals surface area contributed by atoms with E-state index < -0.39 is 0 Å². The van der Waals surface area contributed by atoms with Crippen molar-refractivity contribution < 1.29 is 4.39 Å². The van der Waals surface area contributed by atoms with E-state index in [-0.39, 0.29) is 5.82 Å². The van der Waals surface area contributed by atoms with Crippen LogP contribution in [-0.4, -0.2) is 27.4 Å². The van der Waals surface area contributed by atoms with Gasteiger partial charge in [0.15, 0.2) is 0 Å². The third-order valence-electron chi connectivity index (χ3n) is 3.17. The van der Waals surface area contributed by atoms with Gasteiger partial charge < -0.3 is 4.57 Å². The molecule has 0 spiro atoms. The summed E-state index contributed by atoms with van der Waals surface area (Å²) in [4.78, 5) is 4.58. The molecule has 0 unspecified atom stereocenters. The first-order valence-corrected chi connectivity index (χ1v) is 9.28. The molecular formula is C14H17BrClFN2S. The molecule has 2 rings (SSSR count). The van der Waals surface area contributed by atoms with Crippen LogP contribution in [0.15, 0.2) is 16.6 Å². The van der Waals surface area contributed by atoms with Crippen LogP contribution in [0, 0.1) is 5.82 Å². The first-order valence-electron chi connectivity index (χ1n) is 6.56. The van der Waals surface area contributed by atoms with Gasteiger partial charge >= 0.3 is 0 Å². The molecule has 110 valence electrons. The van der Waals surface area contributed by atoms with Gasteiger partial charge in [0.1, 0.15) is 11.6 Å². The van der Waals surface area contributed by atoms with Gasteiger partial charge in [-0.25, -0.2) is 9.37 Å². The van der Waals surface area contributed by atoms with Crippen LogP contribution in [-0.2, 0) is 13.0 Å². The van der Waals surface area contributed by atoms with Crippen molar-refractivity contribution >= 4 is 50.3 Å². The molecule has 0 N–H and O–H groups in total. The summed E-state index contributed by atoms with van der Waals surface area (Å²) >= 11 is 10.9. The number of halogens is 3. The van der Waals surface area contributed by atoms with Gasteiger partial charge in [-0.3, -0.25) is 0 Å². The van der Waals surface area contributed by atoms with E-state index in [1.54, 1.807) is 12.1 Å². The highest BCUT2D eigenvalue weighted by atomic mass is 79.9. The predicted molar refractivity (Wildman–Crippen MR) is 89.4 cm³/mol. The summed E-state index contributed by atoms with van der Waals surface area (Å²) in [5, 5.41) is 0. The third-order valence-corrected chi connectivity index (χ3v) is 4.66. The standard InChI is InChI=1S/C14H17BrClFN2S/c1-20-7-3-2-6-19-13-9-11(17)10(15)8-12(13)18-14(19)4-5-16/h8-9H,2-7H2,1H3. The number of hydrogen-bond acceptors (Lipinski definition) is 2. The van der Waals surface area contributed by atoms with E-state index in [4.69, 9.17) is 11.6 Å². The van der Waals surface area contributed by atoms with Crippen LogP contribution in [0.5, 0.6) is 0 Å². The number of unbranched alkanes of at least 4 members (excludes halogenated alkanes) is 1. The summed E-state index contributed by atoms with van der Waals surface area (Å²) in [5.74, 6) is 2.37. The molecule has 6 heteroatoms. The van der Waals surface area contributed by atoms with Crippen molar-refractivity contribution in [3.05, 3.63) is 28.2 Å². The predicted octanol–water partition coefficient (Wildman–Crippen LogP) is 4.86. The SMILES string of the molecule is CSCCCCn1c(CCCl)nc2cc(Br)c(F)cc21. The Bertz CT molecular complexity index is 588. The Kier molecular flexibility index (Phi) is 6.18. The molecule has 1 heterocycles. The molecule has 0 fully saturated rings. The quantitative estimate of drug-likeness (QED) is 0.505. The maximum absolute atomic E-state index is 13.7. The number of alkyl halides is 1. The second-order valence-electron chi connectivity index (χ2n) is 4.57. The highest BCUT2D eigenvalue weighted by Gasteiger charge is 2.13. The lowest BCUT2D eigenvalue weighted by Gasteiger charge is -2.08. The molecule has 2 nitrogen and oxygen atoms in total. The van der Waals surface area contributed by atoms with Crippen molar-refractivity contribution in [2.45, 2.75) is 25.8 Å². The molecule has 0 bridgehead atoms. The minimum Gasteiger partial charge on any atom is -0.328 e. The monoisotopic (exact) mass is 378 g/mol. The number of hydrogen-bond donors (Lipinski definition) is 0. The van der Waals surface area contributed by atoms with Crippen LogP contribution < -0.4 is 0 Å². The number of aryl methyl sites for hydroxylation is 2. The van der Waals surface area contributed by atoms with Crippen molar-refractivity contribution in [2.24, 2.45) is 0 Å². The zero-order chi connectivity index (χ0) is 14.5. The largest absolute Gasteiger partial charge is 0.328 e. The fraction of sp³-hybridized carbons (Fsp3) is 0.500. The number of nitrogens with zero attached hydrogens (tertiary/aromatic N) is 2. The second-order valence-corrected chi connectivity index (χ2v) is 6.79. The van der Waals surface area contributed by atoms with E-state index in [1.165, 1.54) is 0 Å². The van der Waals surface area contributed by atoms with E-state index >= 15 is 0 Å². The second kappa shape index (κ2) is 7.66. The Labute approximate surface area is 136 Å². The maximum atomic E-state index is 13.7.